The topological polar surface area (TPSA) is 55.1 Å². The molecule has 4 nitrogen and oxygen atoms in total. The molecular weight excluding hydrogens is 360 g/mol. The molecule has 5 rings (SSSR count). The Morgan fingerprint density at radius 2 is 2.03 bits per heavy atom. The average molecular weight is 397 g/mol. The minimum atomic E-state index is -0.183. The lowest BCUT2D eigenvalue weighted by Gasteiger charge is -2.59. The van der Waals surface area contributed by atoms with E-state index in [9.17, 15) is 9.90 Å². The van der Waals surface area contributed by atoms with Crippen molar-refractivity contribution < 1.29 is 9.90 Å². The number of aliphatic hydroxyl groups excluding tert-OH is 1. The van der Waals surface area contributed by atoms with Crippen LogP contribution in [-0.2, 0) is 11.3 Å². The highest BCUT2D eigenvalue weighted by atomic mass is 16.3. The van der Waals surface area contributed by atoms with Crippen molar-refractivity contribution in [2.24, 2.45) is 34.5 Å². The first kappa shape index (κ1) is 19.5. The van der Waals surface area contributed by atoms with Crippen LogP contribution in [0.4, 0.5) is 0 Å². The molecule has 1 aromatic rings. The van der Waals surface area contributed by atoms with Crippen LogP contribution in [0.25, 0.3) is 6.08 Å². The first-order chi connectivity index (χ1) is 13.8. The highest BCUT2D eigenvalue weighted by Crippen LogP contribution is 2.66. The summed E-state index contributed by atoms with van der Waals surface area (Å²) in [6.45, 7) is 7.70. The van der Waals surface area contributed by atoms with E-state index in [1.165, 1.54) is 19.3 Å². The van der Waals surface area contributed by atoms with Gasteiger partial charge in [-0.25, -0.2) is 0 Å². The van der Waals surface area contributed by atoms with Crippen molar-refractivity contribution in [3.8, 4) is 0 Å². The van der Waals surface area contributed by atoms with E-state index in [0.29, 0.717) is 29.0 Å². The number of nitrogens with zero attached hydrogens (tertiary/aromatic N) is 2. The number of allylic oxidation sites excluding steroid dienone is 1. The van der Waals surface area contributed by atoms with Crippen molar-refractivity contribution >= 4 is 11.9 Å². The highest BCUT2D eigenvalue weighted by molar-refractivity contribution is 6.05. The van der Waals surface area contributed by atoms with Gasteiger partial charge in [0.15, 0.2) is 5.78 Å². The number of aliphatic hydroxyl groups is 1. The molecule has 4 saturated carbocycles. The van der Waals surface area contributed by atoms with Crippen molar-refractivity contribution in [2.45, 2.75) is 84.8 Å². The second-order valence-electron chi connectivity index (χ2n) is 10.8. The summed E-state index contributed by atoms with van der Waals surface area (Å²) in [4.78, 5) is 13.5. The van der Waals surface area contributed by atoms with Crippen LogP contribution in [0.15, 0.2) is 17.8 Å². The third-order valence-electron chi connectivity index (χ3n) is 9.59. The lowest BCUT2D eigenvalue weighted by Crippen LogP contribution is -2.54. The Bertz CT molecular complexity index is 842. The fourth-order valence-corrected chi connectivity index (χ4v) is 7.84. The number of aryl methyl sites for hydroxylation is 1. The van der Waals surface area contributed by atoms with Crippen LogP contribution in [-0.4, -0.2) is 26.8 Å². The molecule has 4 heteroatoms. The number of fused-ring (bicyclic) bond motifs is 5. The Morgan fingerprint density at radius 3 is 2.79 bits per heavy atom. The second kappa shape index (κ2) is 6.80. The minimum absolute atomic E-state index is 0.0935. The molecule has 0 bridgehead atoms. The van der Waals surface area contributed by atoms with Gasteiger partial charge in [-0.1, -0.05) is 13.8 Å². The molecule has 1 heterocycles. The van der Waals surface area contributed by atoms with Gasteiger partial charge in [0.05, 0.1) is 11.8 Å². The van der Waals surface area contributed by atoms with Crippen molar-refractivity contribution in [1.29, 1.82) is 0 Å². The Morgan fingerprint density at radius 1 is 1.21 bits per heavy atom. The maximum atomic E-state index is 13.5. The van der Waals surface area contributed by atoms with E-state index < -0.39 is 0 Å². The normalized spacial score (nSPS) is 45.7. The minimum Gasteiger partial charge on any atom is -0.393 e. The number of hydrogen-bond donors (Lipinski definition) is 1. The molecule has 0 unspecified atom stereocenters. The van der Waals surface area contributed by atoms with Crippen LogP contribution in [0.5, 0.6) is 0 Å². The predicted molar refractivity (Wildman–Crippen MR) is 114 cm³/mol. The van der Waals surface area contributed by atoms with Gasteiger partial charge in [-0.15, -0.1) is 0 Å². The van der Waals surface area contributed by atoms with E-state index in [0.717, 1.165) is 55.8 Å². The summed E-state index contributed by atoms with van der Waals surface area (Å²) in [7, 11) is 0. The van der Waals surface area contributed by atoms with E-state index in [1.807, 2.05) is 16.9 Å². The van der Waals surface area contributed by atoms with Gasteiger partial charge in [-0.3, -0.25) is 9.48 Å². The van der Waals surface area contributed by atoms with E-state index in [2.05, 4.69) is 31.9 Å². The van der Waals surface area contributed by atoms with Crippen LogP contribution in [0, 0.1) is 34.5 Å². The summed E-state index contributed by atoms with van der Waals surface area (Å²) in [5.41, 5.74) is 2.10. The molecular formula is C25H36N2O2. The van der Waals surface area contributed by atoms with E-state index in [-0.39, 0.29) is 11.5 Å². The molecule has 1 aromatic heterocycles. The van der Waals surface area contributed by atoms with Crippen LogP contribution in [0.2, 0.25) is 0 Å². The zero-order valence-electron chi connectivity index (χ0n) is 18.2. The summed E-state index contributed by atoms with van der Waals surface area (Å²) >= 11 is 0. The van der Waals surface area contributed by atoms with Gasteiger partial charge < -0.3 is 5.11 Å². The molecule has 4 aliphatic carbocycles. The molecule has 0 aromatic carbocycles. The van der Waals surface area contributed by atoms with Crippen LogP contribution in [0.3, 0.4) is 0 Å². The first-order valence-corrected chi connectivity index (χ1v) is 11.8. The van der Waals surface area contributed by atoms with Gasteiger partial charge in [0.1, 0.15) is 0 Å². The number of aromatic nitrogens is 2. The van der Waals surface area contributed by atoms with Gasteiger partial charge in [0.2, 0.25) is 0 Å². The number of ketones is 1. The molecule has 4 aliphatic rings. The number of Topliss-reactive ketones (excluding diaryl/α,β-unsaturated/α-hetero) is 1. The monoisotopic (exact) mass is 396 g/mol. The second-order valence-corrected chi connectivity index (χ2v) is 10.8. The zero-order valence-corrected chi connectivity index (χ0v) is 18.2. The van der Waals surface area contributed by atoms with Crippen LogP contribution < -0.4 is 0 Å². The van der Waals surface area contributed by atoms with Crippen molar-refractivity contribution in [3.05, 3.63) is 23.5 Å². The smallest absolute Gasteiger partial charge is 0.165 e. The number of hydrogen-bond acceptors (Lipinski definition) is 3. The first-order valence-electron chi connectivity index (χ1n) is 11.8. The molecule has 0 amide bonds. The fourth-order valence-electron chi connectivity index (χ4n) is 7.84. The molecule has 29 heavy (non-hydrogen) atoms. The molecule has 4 fully saturated rings. The Hall–Kier alpha value is -1.42. The van der Waals surface area contributed by atoms with Gasteiger partial charge in [0.25, 0.3) is 0 Å². The largest absolute Gasteiger partial charge is 0.393 e. The predicted octanol–water partition coefficient (Wildman–Crippen LogP) is 4.87. The fraction of sp³-hybridized carbons (Fsp3) is 0.760. The summed E-state index contributed by atoms with van der Waals surface area (Å²) < 4.78 is 1.93. The van der Waals surface area contributed by atoms with Crippen molar-refractivity contribution in [3.63, 3.8) is 0 Å². The number of rotatable bonds is 2. The molecule has 7 atom stereocenters. The summed E-state index contributed by atoms with van der Waals surface area (Å²) in [6.07, 6.45) is 12.7. The molecule has 0 saturated heterocycles. The van der Waals surface area contributed by atoms with E-state index in [1.54, 1.807) is 0 Å². The molecule has 158 valence electrons. The summed E-state index contributed by atoms with van der Waals surface area (Å²) in [5, 5.41) is 14.8. The van der Waals surface area contributed by atoms with E-state index >= 15 is 0 Å². The summed E-state index contributed by atoms with van der Waals surface area (Å²) in [5.74, 6) is 2.92. The Kier molecular flexibility index (Phi) is 4.58. The lowest BCUT2D eigenvalue weighted by atomic mass is 9.45. The quantitative estimate of drug-likeness (QED) is 0.726. The van der Waals surface area contributed by atoms with Crippen molar-refractivity contribution in [2.75, 3.05) is 0 Å². The molecule has 0 radical (unpaired) electrons. The maximum Gasteiger partial charge on any atom is 0.165 e. The standard InChI is InChI=1S/C25H36N2O2/c1-4-27-12-9-18(26-27)13-16-14-22-20-6-5-17-15-19(28)7-10-24(17,2)21(20)8-11-25(22,3)23(16)29/h9,12-13,17,19-22,28H,4-8,10-11,14-15H2,1-3H3/b16-13-/t17-,19-,20-,21+,22+,24-,25+/m0/s1. The zero-order chi connectivity index (χ0) is 20.4. The average Bonchev–Trinajstić information content (AvgIpc) is 3.26. The van der Waals surface area contributed by atoms with E-state index in [4.69, 9.17) is 0 Å². The molecule has 1 N–H and O–H groups in total. The highest BCUT2D eigenvalue weighted by Gasteiger charge is 2.61. The molecule has 0 aliphatic heterocycles. The third kappa shape index (κ3) is 2.89. The van der Waals surface area contributed by atoms with Crippen LogP contribution in [0.1, 0.15) is 77.8 Å². The number of carbonyl (C=O) groups excluding carboxylic acids is 1. The third-order valence-corrected chi connectivity index (χ3v) is 9.59. The summed E-state index contributed by atoms with van der Waals surface area (Å²) in [6, 6.07) is 2.02. The van der Waals surface area contributed by atoms with Gasteiger partial charge >= 0.3 is 0 Å². The van der Waals surface area contributed by atoms with Gasteiger partial charge in [-0.2, -0.15) is 5.10 Å². The maximum absolute atomic E-state index is 13.5. The van der Waals surface area contributed by atoms with Crippen LogP contribution >= 0.6 is 0 Å². The Balaban J connectivity index is 1.43. The molecule has 0 spiro atoms. The number of carbonyl (C=O) groups is 1. The van der Waals surface area contributed by atoms with Gasteiger partial charge in [-0.05, 0) is 105 Å². The van der Waals surface area contributed by atoms with Crippen molar-refractivity contribution in [1.82, 2.24) is 9.78 Å². The SMILES string of the molecule is CCn1ccc(/C=C2/C[C@@H]3[C@H]4CC[C@H]5C[C@@H](O)CC[C@]5(C)[C@@H]4CC[C@@]3(C)C2=O)n1. The Labute approximate surface area is 174 Å². The van der Waals surface area contributed by atoms with Gasteiger partial charge in [0, 0.05) is 18.2 Å². The lowest BCUT2D eigenvalue weighted by molar-refractivity contribution is -0.141.